The van der Waals surface area contributed by atoms with E-state index in [1.54, 1.807) is 43.5 Å². The second-order valence-corrected chi connectivity index (χ2v) is 17.8. The monoisotopic (exact) mass is 742 g/mol. The fourth-order valence-corrected chi connectivity index (χ4v) is 11.0. The predicted molar refractivity (Wildman–Crippen MR) is 206 cm³/mol. The minimum absolute atomic E-state index is 0.131. The molecule has 0 aliphatic carbocycles. The number of alkyl halides is 2. The first-order chi connectivity index (χ1) is 25.4. The van der Waals surface area contributed by atoms with Crippen molar-refractivity contribution >= 4 is 40.8 Å². The largest absolute Gasteiger partial charge is 0.497 e. The molecule has 2 unspecified atom stereocenters. The topological polar surface area (TPSA) is 118 Å². The summed E-state index contributed by atoms with van der Waals surface area (Å²) < 4.78 is 48.6. The summed E-state index contributed by atoms with van der Waals surface area (Å²) in [6, 6.07) is 30.5. The number of methoxy groups -OCH3 is 2. The molecule has 4 aromatic carbocycles. The van der Waals surface area contributed by atoms with E-state index in [0.717, 1.165) is 16.6 Å². The Hall–Kier alpha value is -5.24. The molecule has 2 aromatic heterocycles. The molecule has 2 heterocycles. The van der Waals surface area contributed by atoms with Crippen LogP contribution in [-0.2, 0) is 17.5 Å². The third-order valence-electron chi connectivity index (χ3n) is 8.96. The Kier molecular flexibility index (Phi) is 12.5. The maximum Gasteiger partial charge on any atom is 0.269 e. The number of nitrogens with zero attached hydrogens (tertiary/aromatic N) is 4. The number of fused-ring (bicyclic) bond motifs is 2. The van der Waals surface area contributed by atoms with Crippen molar-refractivity contribution in [2.24, 2.45) is 0 Å². The molecule has 1 N–H and O–H groups in total. The van der Waals surface area contributed by atoms with Crippen LogP contribution in [0.4, 0.5) is 8.78 Å². The molecule has 0 fully saturated rings. The van der Waals surface area contributed by atoms with Crippen molar-refractivity contribution in [1.82, 2.24) is 19.1 Å². The first kappa shape index (κ1) is 39.0. The van der Waals surface area contributed by atoms with Crippen molar-refractivity contribution in [2.45, 2.75) is 51.2 Å². The van der Waals surface area contributed by atoms with E-state index in [2.05, 4.69) is 55.0 Å². The number of rotatable bonds is 12. The standard InChI is InChI=1S/C28H31FN2O3Si.C12H13FN2O3/c1-28(2,3)35(23-11-7-5-8-12-23,24-13-9-6-10-14-24)34-20-21(29)19-31-26-17-22(33-4)15-16-25(26)30-18-27(31)32;1-18-9-2-3-10-11(4-9)15(6-8(13)7-16)12(17)5-14-10/h5-18,21H,19-20H2,1-4H3;2-5,8,16H,6-7H2,1H3. The van der Waals surface area contributed by atoms with Crippen LogP contribution in [0, 0.1) is 0 Å². The van der Waals surface area contributed by atoms with Crippen LogP contribution in [-0.4, -0.2) is 72.3 Å². The van der Waals surface area contributed by atoms with Gasteiger partial charge in [0, 0.05) is 12.1 Å². The summed E-state index contributed by atoms with van der Waals surface area (Å²) in [5.41, 5.74) is 1.42. The maximum absolute atomic E-state index is 15.6. The molecule has 2 atom stereocenters. The van der Waals surface area contributed by atoms with E-state index in [9.17, 15) is 14.0 Å². The van der Waals surface area contributed by atoms with Gasteiger partial charge in [0.15, 0.2) is 0 Å². The highest BCUT2D eigenvalue weighted by Gasteiger charge is 2.50. The molecule has 13 heteroatoms. The van der Waals surface area contributed by atoms with Gasteiger partial charge in [0.2, 0.25) is 0 Å². The molecule has 0 amide bonds. The van der Waals surface area contributed by atoms with Crippen LogP contribution in [0.25, 0.3) is 22.1 Å². The number of halogens is 2. The summed E-state index contributed by atoms with van der Waals surface area (Å²) in [6.45, 7) is 5.36. The molecule has 6 rings (SSSR count). The zero-order chi connectivity index (χ0) is 38.2. The van der Waals surface area contributed by atoms with Gasteiger partial charge in [-0.25, -0.2) is 18.7 Å². The minimum atomic E-state index is -2.87. The maximum atomic E-state index is 15.6. The summed E-state index contributed by atoms with van der Waals surface area (Å²) in [6.07, 6.45) is -0.519. The van der Waals surface area contributed by atoms with Crippen molar-refractivity contribution in [3.63, 3.8) is 0 Å². The molecule has 278 valence electrons. The number of ether oxygens (including phenoxy) is 2. The highest BCUT2D eigenvalue weighted by atomic mass is 28.4. The SMILES string of the molecule is COc1ccc2ncc(=O)n(CC(F)CO)c2c1.COc1ccc2ncc(=O)n(CC(F)CO[Si](c3ccccc3)(c3ccccc3)C(C)(C)C)c2c1. The molecule has 10 nitrogen and oxygen atoms in total. The lowest BCUT2D eigenvalue weighted by Gasteiger charge is -2.43. The van der Waals surface area contributed by atoms with Gasteiger partial charge in [0.1, 0.15) is 23.8 Å². The van der Waals surface area contributed by atoms with Gasteiger partial charge < -0.3 is 28.1 Å². The molecule has 53 heavy (non-hydrogen) atoms. The number of hydrogen-bond donors (Lipinski definition) is 1. The van der Waals surface area contributed by atoms with Crippen molar-refractivity contribution in [3.8, 4) is 11.5 Å². The smallest absolute Gasteiger partial charge is 0.269 e. The third kappa shape index (κ3) is 8.70. The third-order valence-corrected chi connectivity index (χ3v) is 14.0. The van der Waals surface area contributed by atoms with Crippen LogP contribution in [0.15, 0.2) is 119 Å². The fourth-order valence-electron chi connectivity index (χ4n) is 6.40. The van der Waals surface area contributed by atoms with Gasteiger partial charge in [-0.05, 0) is 39.7 Å². The molecule has 6 aromatic rings. The summed E-state index contributed by atoms with van der Waals surface area (Å²) in [5.74, 6) is 1.14. The van der Waals surface area contributed by atoms with E-state index in [4.69, 9.17) is 19.0 Å². The Morgan fingerprint density at radius 3 is 1.53 bits per heavy atom. The first-order valence-corrected chi connectivity index (χ1v) is 19.0. The van der Waals surface area contributed by atoms with Crippen molar-refractivity contribution in [2.75, 3.05) is 27.4 Å². The number of hydrogen-bond acceptors (Lipinski definition) is 8. The molecule has 0 radical (unpaired) electrons. The van der Waals surface area contributed by atoms with Gasteiger partial charge in [-0.3, -0.25) is 9.59 Å². The Morgan fingerprint density at radius 1 is 0.698 bits per heavy atom. The fraction of sp³-hybridized carbons (Fsp3) is 0.300. The number of aromatic nitrogens is 4. The molecule has 0 bridgehead atoms. The van der Waals surface area contributed by atoms with Crippen molar-refractivity contribution in [1.29, 1.82) is 0 Å². The van der Waals surface area contributed by atoms with Crippen molar-refractivity contribution < 1.29 is 27.8 Å². The molecule has 0 aliphatic heterocycles. The number of benzene rings is 4. The van der Waals surface area contributed by atoms with Gasteiger partial charge in [0.05, 0.1) is 75.0 Å². The zero-order valence-electron chi connectivity index (χ0n) is 30.4. The molecule has 0 saturated carbocycles. The second kappa shape index (κ2) is 17.1. The molecular formula is C40H44F2N4O6Si. The highest BCUT2D eigenvalue weighted by molar-refractivity contribution is 6.99. The van der Waals surface area contributed by atoms with Crippen LogP contribution in [0.3, 0.4) is 0 Å². The normalized spacial score (nSPS) is 12.9. The lowest BCUT2D eigenvalue weighted by molar-refractivity contribution is 0.162. The summed E-state index contributed by atoms with van der Waals surface area (Å²) in [4.78, 5) is 32.5. The van der Waals surface area contributed by atoms with Crippen LogP contribution >= 0.6 is 0 Å². The first-order valence-electron chi connectivity index (χ1n) is 17.1. The number of aliphatic hydroxyl groups excluding tert-OH is 1. The van der Waals surface area contributed by atoms with Gasteiger partial charge in [-0.2, -0.15) is 0 Å². The second-order valence-electron chi connectivity index (χ2n) is 13.5. The van der Waals surface area contributed by atoms with E-state index in [-0.39, 0.29) is 30.3 Å². The average molecular weight is 743 g/mol. The Labute approximate surface area is 307 Å². The van der Waals surface area contributed by atoms with E-state index in [1.807, 2.05) is 36.4 Å². The van der Waals surface area contributed by atoms with Gasteiger partial charge in [0.25, 0.3) is 19.4 Å². The van der Waals surface area contributed by atoms with Gasteiger partial charge >= 0.3 is 0 Å². The Morgan fingerprint density at radius 2 is 1.13 bits per heavy atom. The lowest BCUT2D eigenvalue weighted by atomic mass is 10.2. The Bertz CT molecular complexity index is 2210. The Balaban J connectivity index is 0.000000252. The molecular weight excluding hydrogens is 699 g/mol. The van der Waals surface area contributed by atoms with Crippen LogP contribution in [0.5, 0.6) is 11.5 Å². The van der Waals surface area contributed by atoms with E-state index < -0.39 is 32.8 Å². The summed E-state index contributed by atoms with van der Waals surface area (Å²) >= 11 is 0. The van der Waals surface area contributed by atoms with Crippen LogP contribution in [0.2, 0.25) is 5.04 Å². The van der Waals surface area contributed by atoms with Gasteiger partial charge in [-0.15, -0.1) is 0 Å². The van der Waals surface area contributed by atoms with Crippen LogP contribution in [0.1, 0.15) is 20.8 Å². The predicted octanol–water partition coefficient (Wildman–Crippen LogP) is 5.06. The zero-order valence-corrected chi connectivity index (χ0v) is 31.4. The highest BCUT2D eigenvalue weighted by Crippen LogP contribution is 2.37. The molecule has 0 aliphatic rings. The minimum Gasteiger partial charge on any atom is -0.497 e. The quantitative estimate of drug-likeness (QED) is 0.173. The average Bonchev–Trinajstić information content (AvgIpc) is 3.17. The van der Waals surface area contributed by atoms with Crippen molar-refractivity contribution in [3.05, 3.63) is 130 Å². The summed E-state index contributed by atoms with van der Waals surface area (Å²) in [7, 11) is 0.186. The molecule has 0 spiro atoms. The van der Waals surface area contributed by atoms with E-state index in [1.165, 1.54) is 22.4 Å². The summed E-state index contributed by atoms with van der Waals surface area (Å²) in [5, 5.41) is 10.6. The lowest BCUT2D eigenvalue weighted by Crippen LogP contribution is -2.67. The van der Waals surface area contributed by atoms with Crippen LogP contribution < -0.4 is 31.0 Å². The van der Waals surface area contributed by atoms with E-state index in [0.29, 0.717) is 33.6 Å². The van der Waals surface area contributed by atoms with E-state index >= 15 is 4.39 Å². The van der Waals surface area contributed by atoms with Gasteiger partial charge in [-0.1, -0.05) is 81.4 Å². The molecule has 0 saturated heterocycles. The number of aliphatic hydroxyl groups is 1.